The molecule has 0 spiro atoms. The largest absolute Gasteiger partial charge is 0.462 e. The summed E-state index contributed by atoms with van der Waals surface area (Å²) in [6, 6.07) is -0.185. The van der Waals surface area contributed by atoms with Crippen LogP contribution >= 0.6 is 0 Å². The Balaban J connectivity index is 3.85. The molecule has 4 nitrogen and oxygen atoms in total. The highest BCUT2D eigenvalue weighted by molar-refractivity contribution is 5.81. The lowest BCUT2D eigenvalue weighted by atomic mass is 10.1. The summed E-state index contributed by atoms with van der Waals surface area (Å²) in [6.45, 7) is 7.09. The van der Waals surface area contributed by atoms with E-state index in [0.29, 0.717) is 0 Å². The highest BCUT2D eigenvalue weighted by Crippen LogP contribution is 2.06. The van der Waals surface area contributed by atoms with Gasteiger partial charge in [0.05, 0.1) is 12.6 Å². The van der Waals surface area contributed by atoms with Crippen molar-refractivity contribution in [2.75, 3.05) is 6.61 Å². The number of hydrogen-bond donors (Lipinski definition) is 0. The van der Waals surface area contributed by atoms with Crippen LogP contribution in [0.2, 0.25) is 0 Å². The Morgan fingerprint density at radius 1 is 1.69 bits per heavy atom. The van der Waals surface area contributed by atoms with Gasteiger partial charge in [0, 0.05) is 12.0 Å². The minimum Gasteiger partial charge on any atom is -0.462 e. The maximum Gasteiger partial charge on any atom is 0.330 e. The van der Waals surface area contributed by atoms with Crippen LogP contribution < -0.4 is 0 Å². The zero-order chi connectivity index (χ0) is 10.3. The summed E-state index contributed by atoms with van der Waals surface area (Å²) in [4.78, 5) is 24.1. The molecule has 2 atom stereocenters. The maximum absolute atomic E-state index is 10.6. The summed E-state index contributed by atoms with van der Waals surface area (Å²) in [6.07, 6.45) is 2.56. The Morgan fingerprint density at radius 3 is 2.77 bits per heavy atom. The number of carbonyl (C=O) groups excluding carboxylic acids is 2. The third-order valence-corrected chi connectivity index (χ3v) is 1.74. The first kappa shape index (κ1) is 11.6. The van der Waals surface area contributed by atoms with Crippen LogP contribution in [0.4, 0.5) is 0 Å². The van der Waals surface area contributed by atoms with Gasteiger partial charge in [0.1, 0.15) is 0 Å². The average molecular weight is 183 g/mol. The van der Waals surface area contributed by atoms with Gasteiger partial charge in [-0.1, -0.05) is 13.5 Å². The Hall–Kier alpha value is -1.41. The van der Waals surface area contributed by atoms with Crippen LogP contribution in [0.15, 0.2) is 17.6 Å². The molecular formula is C9H13NO3. The average Bonchev–Trinajstić information content (AvgIpc) is 2.13. The predicted octanol–water partition coefficient (Wildman–Crippen LogP) is 1.08. The molecule has 0 aromatic rings. The van der Waals surface area contributed by atoms with Gasteiger partial charge in [0.15, 0.2) is 0 Å². The Bertz CT molecular complexity index is 231. The standard InChI is InChI=1S/C9H13NO3/c1-4-9(12)13-5-7(2)8(3)10-6-11/h4,7-8H,1,5H2,2-3H3. The van der Waals surface area contributed by atoms with E-state index in [1.807, 2.05) is 6.92 Å². The van der Waals surface area contributed by atoms with Gasteiger partial charge in [-0.05, 0) is 6.92 Å². The first-order valence-corrected chi connectivity index (χ1v) is 3.98. The van der Waals surface area contributed by atoms with Gasteiger partial charge < -0.3 is 4.74 Å². The molecule has 0 aromatic heterocycles. The van der Waals surface area contributed by atoms with Crippen molar-refractivity contribution in [3.05, 3.63) is 12.7 Å². The lowest BCUT2D eigenvalue weighted by Gasteiger charge is -2.13. The Morgan fingerprint density at radius 2 is 2.31 bits per heavy atom. The maximum atomic E-state index is 10.6. The number of ether oxygens (including phenoxy) is 1. The molecule has 0 N–H and O–H groups in total. The fourth-order valence-electron chi connectivity index (χ4n) is 0.622. The lowest BCUT2D eigenvalue weighted by Crippen LogP contribution is -2.19. The highest BCUT2D eigenvalue weighted by atomic mass is 16.5. The van der Waals surface area contributed by atoms with Crippen molar-refractivity contribution in [1.29, 1.82) is 0 Å². The Labute approximate surface area is 77.3 Å². The normalized spacial score (nSPS) is 13.7. The third kappa shape index (κ3) is 4.93. The molecule has 0 aliphatic heterocycles. The van der Waals surface area contributed by atoms with Crippen molar-refractivity contribution < 1.29 is 14.3 Å². The fraction of sp³-hybridized carbons (Fsp3) is 0.556. The smallest absolute Gasteiger partial charge is 0.330 e. The van der Waals surface area contributed by atoms with E-state index in [9.17, 15) is 9.59 Å². The van der Waals surface area contributed by atoms with E-state index < -0.39 is 5.97 Å². The highest BCUT2D eigenvalue weighted by Gasteiger charge is 2.12. The van der Waals surface area contributed by atoms with E-state index in [2.05, 4.69) is 11.6 Å². The van der Waals surface area contributed by atoms with Crippen molar-refractivity contribution in [3.8, 4) is 0 Å². The molecule has 13 heavy (non-hydrogen) atoms. The van der Waals surface area contributed by atoms with E-state index in [-0.39, 0.29) is 18.6 Å². The number of aliphatic imine (C=N–C) groups is 1. The monoisotopic (exact) mass is 183 g/mol. The van der Waals surface area contributed by atoms with Gasteiger partial charge in [-0.3, -0.25) is 0 Å². The Kier molecular flexibility index (Phi) is 5.48. The van der Waals surface area contributed by atoms with Gasteiger partial charge in [0.2, 0.25) is 6.08 Å². The molecule has 0 saturated carbocycles. The first-order valence-electron chi connectivity index (χ1n) is 3.98. The second kappa shape index (κ2) is 6.14. The zero-order valence-corrected chi connectivity index (χ0v) is 7.82. The minimum absolute atomic E-state index is 0.00495. The number of isocyanates is 1. The quantitative estimate of drug-likeness (QED) is 0.277. The van der Waals surface area contributed by atoms with E-state index in [1.54, 1.807) is 6.92 Å². The van der Waals surface area contributed by atoms with E-state index in [1.165, 1.54) is 6.08 Å². The van der Waals surface area contributed by atoms with Crippen LogP contribution in [0.25, 0.3) is 0 Å². The van der Waals surface area contributed by atoms with E-state index >= 15 is 0 Å². The molecule has 0 radical (unpaired) electrons. The van der Waals surface area contributed by atoms with Crippen LogP contribution in [0.3, 0.4) is 0 Å². The van der Waals surface area contributed by atoms with Gasteiger partial charge in [-0.15, -0.1) is 0 Å². The van der Waals surface area contributed by atoms with Crippen molar-refractivity contribution in [3.63, 3.8) is 0 Å². The predicted molar refractivity (Wildman–Crippen MR) is 47.9 cm³/mol. The fourth-order valence-corrected chi connectivity index (χ4v) is 0.622. The molecule has 0 rings (SSSR count). The molecule has 0 amide bonds. The summed E-state index contributed by atoms with van der Waals surface area (Å²) in [5.41, 5.74) is 0. The van der Waals surface area contributed by atoms with Crippen molar-refractivity contribution in [2.24, 2.45) is 10.9 Å². The molecule has 0 bridgehead atoms. The summed E-state index contributed by atoms with van der Waals surface area (Å²) < 4.78 is 4.77. The van der Waals surface area contributed by atoms with Gasteiger partial charge >= 0.3 is 5.97 Å². The zero-order valence-electron chi connectivity index (χ0n) is 7.82. The number of carbonyl (C=O) groups is 1. The van der Waals surface area contributed by atoms with Gasteiger partial charge in [-0.2, -0.15) is 0 Å². The molecule has 4 heteroatoms. The topological polar surface area (TPSA) is 55.7 Å². The molecule has 0 aliphatic rings. The third-order valence-electron chi connectivity index (χ3n) is 1.74. The molecule has 0 fully saturated rings. The summed E-state index contributed by atoms with van der Waals surface area (Å²) in [5, 5.41) is 0. The van der Waals surface area contributed by atoms with Crippen molar-refractivity contribution >= 4 is 12.0 Å². The van der Waals surface area contributed by atoms with Gasteiger partial charge in [-0.25, -0.2) is 14.6 Å². The number of rotatable bonds is 5. The van der Waals surface area contributed by atoms with Crippen LogP contribution in [0, 0.1) is 5.92 Å². The number of nitrogens with zero attached hydrogens (tertiary/aromatic N) is 1. The van der Waals surface area contributed by atoms with Gasteiger partial charge in [0.25, 0.3) is 0 Å². The van der Waals surface area contributed by atoms with Crippen molar-refractivity contribution in [2.45, 2.75) is 19.9 Å². The SMILES string of the molecule is C=CC(=O)OCC(C)C(C)N=C=O. The van der Waals surface area contributed by atoms with Crippen LogP contribution in [0.1, 0.15) is 13.8 Å². The molecule has 0 saturated heterocycles. The molecule has 0 aromatic carbocycles. The summed E-state index contributed by atoms with van der Waals surface area (Å²) in [7, 11) is 0. The van der Waals surface area contributed by atoms with E-state index in [4.69, 9.17) is 4.74 Å². The second-order valence-corrected chi connectivity index (χ2v) is 2.77. The molecule has 72 valence electrons. The van der Waals surface area contributed by atoms with Crippen molar-refractivity contribution in [1.82, 2.24) is 0 Å². The molecule has 0 aliphatic carbocycles. The first-order chi connectivity index (χ1) is 6.11. The van der Waals surface area contributed by atoms with E-state index in [0.717, 1.165) is 6.08 Å². The second-order valence-electron chi connectivity index (χ2n) is 2.77. The number of esters is 1. The van der Waals surface area contributed by atoms with Crippen LogP contribution in [-0.2, 0) is 14.3 Å². The minimum atomic E-state index is -0.464. The summed E-state index contributed by atoms with van der Waals surface area (Å²) >= 11 is 0. The van der Waals surface area contributed by atoms with Crippen LogP contribution in [-0.4, -0.2) is 24.7 Å². The lowest BCUT2D eigenvalue weighted by molar-refractivity contribution is -0.139. The molecular weight excluding hydrogens is 170 g/mol. The van der Waals surface area contributed by atoms with Crippen LogP contribution in [0.5, 0.6) is 0 Å². The summed E-state index contributed by atoms with van der Waals surface area (Å²) in [5.74, 6) is -0.459. The number of hydrogen-bond acceptors (Lipinski definition) is 4. The molecule has 0 heterocycles. The molecule has 2 unspecified atom stereocenters.